The van der Waals surface area contributed by atoms with Crippen molar-refractivity contribution in [1.82, 2.24) is 20.9 Å². The monoisotopic (exact) mass is 364 g/mol. The highest BCUT2D eigenvalue weighted by Crippen LogP contribution is 2.14. The predicted molar refractivity (Wildman–Crippen MR) is 97.1 cm³/mol. The van der Waals surface area contributed by atoms with Gasteiger partial charge in [0.15, 0.2) is 0 Å². The summed E-state index contributed by atoms with van der Waals surface area (Å²) in [4.78, 5) is 24.4. The van der Waals surface area contributed by atoms with E-state index >= 15 is 0 Å². The molecule has 1 aromatic carbocycles. The van der Waals surface area contributed by atoms with Crippen molar-refractivity contribution < 1.29 is 19.4 Å². The van der Waals surface area contributed by atoms with Gasteiger partial charge in [-0.25, -0.2) is 4.79 Å². The number of carbonyl (C=O) groups is 2. The minimum Gasteiger partial charge on any atom is -0.356 e. The third-order valence-corrected chi connectivity index (χ3v) is 4.20. The van der Waals surface area contributed by atoms with Gasteiger partial charge in [-0.1, -0.05) is 30.3 Å². The summed E-state index contributed by atoms with van der Waals surface area (Å²) in [5, 5.41) is 18.4. The standard InChI is InChI=1S/C18H28N4O4/c1-14(23)19-9-10-20-17(24)21-16-7-11-22(12-8-16)18(25)26-13-15-5-3-2-4-6-15/h2-6,16,18,25H,7-13H2,1H3,(H,19,23)(H2,20,21,24). The first kappa shape index (κ1) is 20.2. The molecule has 0 radical (unpaired) electrons. The van der Waals surface area contributed by atoms with Crippen LogP contribution < -0.4 is 16.0 Å². The summed E-state index contributed by atoms with van der Waals surface area (Å²) in [5.74, 6) is -0.118. The number of amides is 3. The molecule has 0 saturated carbocycles. The van der Waals surface area contributed by atoms with Crippen LogP contribution in [0.2, 0.25) is 0 Å². The molecule has 8 nitrogen and oxygen atoms in total. The molecule has 1 fully saturated rings. The fraction of sp³-hybridized carbons (Fsp3) is 0.556. The first-order valence-electron chi connectivity index (χ1n) is 8.91. The van der Waals surface area contributed by atoms with Crippen molar-refractivity contribution in [2.24, 2.45) is 0 Å². The number of carbonyl (C=O) groups excluding carboxylic acids is 2. The van der Waals surface area contributed by atoms with E-state index in [0.29, 0.717) is 32.8 Å². The molecule has 2 rings (SSSR count). The zero-order valence-electron chi connectivity index (χ0n) is 15.1. The quantitative estimate of drug-likeness (QED) is 0.394. The number of nitrogens with one attached hydrogen (secondary N) is 3. The molecule has 144 valence electrons. The summed E-state index contributed by atoms with van der Waals surface area (Å²) in [5.41, 5.74) is 1.01. The predicted octanol–water partition coefficient (Wildman–Crippen LogP) is 0.379. The third kappa shape index (κ3) is 7.38. The minimum absolute atomic E-state index is 0.0633. The summed E-state index contributed by atoms with van der Waals surface area (Å²) in [6, 6.07) is 9.53. The lowest BCUT2D eigenvalue weighted by molar-refractivity contribution is -0.204. The lowest BCUT2D eigenvalue weighted by Gasteiger charge is -2.34. The maximum absolute atomic E-state index is 11.8. The molecule has 0 aromatic heterocycles. The van der Waals surface area contributed by atoms with Crippen LogP contribution in [-0.2, 0) is 16.1 Å². The fourth-order valence-electron chi connectivity index (χ4n) is 2.77. The molecular weight excluding hydrogens is 336 g/mol. The first-order chi connectivity index (χ1) is 12.5. The van der Waals surface area contributed by atoms with Gasteiger partial charge in [-0.2, -0.15) is 0 Å². The Balaban J connectivity index is 1.60. The molecule has 0 aliphatic carbocycles. The SMILES string of the molecule is CC(=O)NCCNC(=O)NC1CCN(C(O)OCc2ccccc2)CC1. The number of ether oxygens (including phenoxy) is 1. The lowest BCUT2D eigenvalue weighted by Crippen LogP contribution is -2.51. The Kier molecular flexibility index (Phi) is 8.33. The van der Waals surface area contributed by atoms with Gasteiger partial charge in [0.05, 0.1) is 6.61 Å². The van der Waals surface area contributed by atoms with Crippen molar-refractivity contribution in [3.8, 4) is 0 Å². The summed E-state index contributed by atoms with van der Waals surface area (Å²) >= 11 is 0. The topological polar surface area (TPSA) is 103 Å². The molecular formula is C18H28N4O4. The second kappa shape index (κ2) is 10.7. The maximum atomic E-state index is 11.8. The van der Waals surface area contributed by atoms with E-state index < -0.39 is 6.41 Å². The number of aliphatic hydroxyl groups is 1. The molecule has 8 heteroatoms. The van der Waals surface area contributed by atoms with Crippen molar-refractivity contribution >= 4 is 11.9 Å². The van der Waals surface area contributed by atoms with Crippen LogP contribution in [-0.4, -0.2) is 60.6 Å². The number of rotatable bonds is 8. The average molecular weight is 364 g/mol. The van der Waals surface area contributed by atoms with Gasteiger partial charge in [0.25, 0.3) is 0 Å². The highest BCUT2D eigenvalue weighted by atomic mass is 16.6. The van der Waals surface area contributed by atoms with Gasteiger partial charge in [-0.05, 0) is 18.4 Å². The van der Waals surface area contributed by atoms with Crippen LogP contribution in [0.5, 0.6) is 0 Å². The number of piperidine rings is 1. The summed E-state index contributed by atoms with van der Waals surface area (Å²) in [7, 11) is 0. The van der Waals surface area contributed by atoms with E-state index in [4.69, 9.17) is 4.74 Å². The van der Waals surface area contributed by atoms with E-state index in [1.165, 1.54) is 6.92 Å². The van der Waals surface area contributed by atoms with Gasteiger partial charge in [0.1, 0.15) is 0 Å². The van der Waals surface area contributed by atoms with Crippen LogP contribution in [0.3, 0.4) is 0 Å². The van der Waals surface area contributed by atoms with E-state index in [9.17, 15) is 14.7 Å². The second-order valence-electron chi connectivity index (χ2n) is 6.32. The van der Waals surface area contributed by atoms with Crippen LogP contribution in [0.4, 0.5) is 4.79 Å². The molecule has 1 aliphatic rings. The molecule has 4 N–H and O–H groups in total. The Morgan fingerprint density at radius 1 is 1.19 bits per heavy atom. The van der Waals surface area contributed by atoms with Crippen LogP contribution in [0.15, 0.2) is 30.3 Å². The van der Waals surface area contributed by atoms with E-state index in [2.05, 4.69) is 16.0 Å². The van der Waals surface area contributed by atoms with E-state index in [0.717, 1.165) is 18.4 Å². The summed E-state index contributed by atoms with van der Waals surface area (Å²) in [6.07, 6.45) is 0.540. The van der Waals surface area contributed by atoms with Crippen LogP contribution >= 0.6 is 0 Å². The van der Waals surface area contributed by atoms with Crippen molar-refractivity contribution in [3.63, 3.8) is 0 Å². The van der Waals surface area contributed by atoms with Crippen molar-refractivity contribution in [2.45, 2.75) is 38.8 Å². The Hall–Kier alpha value is -2.16. The Morgan fingerprint density at radius 2 is 1.85 bits per heavy atom. The van der Waals surface area contributed by atoms with Crippen molar-refractivity contribution in [3.05, 3.63) is 35.9 Å². The normalized spacial score (nSPS) is 16.7. The Bertz CT molecular complexity index is 562. The average Bonchev–Trinajstić information content (AvgIpc) is 2.64. The largest absolute Gasteiger partial charge is 0.356 e. The molecule has 0 bridgehead atoms. The third-order valence-electron chi connectivity index (χ3n) is 4.20. The molecule has 0 spiro atoms. The number of hydrogen-bond donors (Lipinski definition) is 4. The highest BCUT2D eigenvalue weighted by Gasteiger charge is 2.25. The van der Waals surface area contributed by atoms with Gasteiger partial charge in [-0.3, -0.25) is 9.69 Å². The zero-order chi connectivity index (χ0) is 18.8. The maximum Gasteiger partial charge on any atom is 0.315 e. The zero-order valence-corrected chi connectivity index (χ0v) is 15.1. The minimum atomic E-state index is -0.942. The summed E-state index contributed by atoms with van der Waals surface area (Å²) in [6.45, 7) is 3.88. The fourth-order valence-corrected chi connectivity index (χ4v) is 2.77. The number of hydrogen-bond acceptors (Lipinski definition) is 5. The number of aliphatic hydroxyl groups excluding tert-OH is 1. The molecule has 1 atom stereocenters. The summed E-state index contributed by atoms with van der Waals surface area (Å²) < 4.78 is 5.52. The van der Waals surface area contributed by atoms with Crippen LogP contribution in [0.1, 0.15) is 25.3 Å². The first-order valence-corrected chi connectivity index (χ1v) is 8.91. The van der Waals surface area contributed by atoms with E-state index in [1.54, 1.807) is 0 Å². The molecule has 3 amide bonds. The molecule has 1 aliphatic heterocycles. The molecule has 1 heterocycles. The van der Waals surface area contributed by atoms with E-state index in [-0.39, 0.29) is 18.0 Å². The van der Waals surface area contributed by atoms with Crippen molar-refractivity contribution in [1.29, 1.82) is 0 Å². The van der Waals surface area contributed by atoms with Gasteiger partial charge in [0.2, 0.25) is 12.3 Å². The van der Waals surface area contributed by atoms with Gasteiger partial charge < -0.3 is 25.8 Å². The van der Waals surface area contributed by atoms with Crippen LogP contribution in [0.25, 0.3) is 0 Å². The number of nitrogens with zero attached hydrogens (tertiary/aromatic N) is 1. The highest BCUT2D eigenvalue weighted by molar-refractivity contribution is 5.74. The van der Waals surface area contributed by atoms with Gasteiger partial charge in [-0.15, -0.1) is 0 Å². The second-order valence-corrected chi connectivity index (χ2v) is 6.32. The smallest absolute Gasteiger partial charge is 0.315 e. The Morgan fingerprint density at radius 3 is 2.50 bits per heavy atom. The van der Waals surface area contributed by atoms with Crippen LogP contribution in [0, 0.1) is 0 Å². The molecule has 1 aromatic rings. The van der Waals surface area contributed by atoms with Crippen molar-refractivity contribution in [2.75, 3.05) is 26.2 Å². The number of benzene rings is 1. The van der Waals surface area contributed by atoms with E-state index in [1.807, 2.05) is 35.2 Å². The lowest BCUT2D eigenvalue weighted by atomic mass is 10.1. The number of likely N-dealkylation sites (tertiary alicyclic amines) is 1. The molecule has 26 heavy (non-hydrogen) atoms. The number of urea groups is 1. The Labute approximate surface area is 153 Å². The molecule has 1 saturated heterocycles. The molecule has 1 unspecified atom stereocenters. The van der Waals surface area contributed by atoms with Gasteiger partial charge in [0, 0.05) is 39.1 Å². The van der Waals surface area contributed by atoms with Gasteiger partial charge >= 0.3 is 6.03 Å².